The molecular weight excluding hydrogens is 458 g/mol. The summed E-state index contributed by atoms with van der Waals surface area (Å²) in [4.78, 5) is 16.8. The zero-order valence-electron chi connectivity index (χ0n) is 22.6. The summed E-state index contributed by atoms with van der Waals surface area (Å²) >= 11 is 0. The third-order valence-electron chi connectivity index (χ3n) is 6.63. The molecule has 5 nitrogen and oxygen atoms in total. The van der Waals surface area contributed by atoms with Gasteiger partial charge in [-0.25, -0.2) is 4.98 Å². The van der Waals surface area contributed by atoms with Gasteiger partial charge in [0, 0.05) is 29.8 Å². The molecule has 37 heavy (non-hydrogen) atoms. The smallest absolute Gasteiger partial charge is 0.220 e. The van der Waals surface area contributed by atoms with Gasteiger partial charge in [-0.2, -0.15) is 0 Å². The van der Waals surface area contributed by atoms with Gasteiger partial charge in [0.2, 0.25) is 5.91 Å². The number of rotatable bonds is 12. The molecule has 194 valence electrons. The van der Waals surface area contributed by atoms with Crippen LogP contribution in [0.3, 0.4) is 0 Å². The molecule has 0 saturated carbocycles. The Morgan fingerprint density at radius 3 is 2.43 bits per heavy atom. The summed E-state index contributed by atoms with van der Waals surface area (Å²) in [5.74, 6) is 1.90. The highest BCUT2D eigenvalue weighted by Gasteiger charge is 2.16. The van der Waals surface area contributed by atoms with Crippen LogP contribution in [0.5, 0.6) is 5.75 Å². The second kappa shape index (κ2) is 12.6. The van der Waals surface area contributed by atoms with E-state index < -0.39 is 0 Å². The summed E-state index contributed by atoms with van der Waals surface area (Å²) in [7, 11) is 0. The minimum absolute atomic E-state index is 0.127. The van der Waals surface area contributed by atoms with Crippen LogP contribution in [0, 0.1) is 0 Å². The van der Waals surface area contributed by atoms with Crippen molar-refractivity contribution in [1.82, 2.24) is 14.9 Å². The number of aromatic nitrogens is 2. The Balaban J connectivity index is 1.56. The molecule has 0 atom stereocenters. The van der Waals surface area contributed by atoms with Crippen LogP contribution in [0.1, 0.15) is 64.5 Å². The Morgan fingerprint density at radius 2 is 1.70 bits per heavy atom. The third-order valence-corrected chi connectivity index (χ3v) is 6.63. The van der Waals surface area contributed by atoms with Gasteiger partial charge in [-0.05, 0) is 81.3 Å². The Morgan fingerprint density at radius 1 is 0.919 bits per heavy atom. The molecule has 1 N–H and O–H groups in total. The van der Waals surface area contributed by atoms with Crippen LogP contribution in [0.2, 0.25) is 0 Å². The summed E-state index contributed by atoms with van der Waals surface area (Å²) in [6.45, 7) is 9.02. The standard InChI is InChI=1S/C32H39N3O2/c1-5-24-16-17-27(21-25(24)6-2)35-30-22-28(37-20-12-8-11-15-31(36)33-23(3)4)18-19-29(30)34-32(35)26-13-9-7-10-14-26/h7,9-10,13-14,16-19,21-23H,5-6,8,11-12,15,20H2,1-4H3,(H,33,36). The van der Waals surface area contributed by atoms with Crippen molar-refractivity contribution >= 4 is 16.9 Å². The van der Waals surface area contributed by atoms with E-state index in [1.807, 2.05) is 32.0 Å². The van der Waals surface area contributed by atoms with Crippen LogP contribution in [0.4, 0.5) is 0 Å². The molecule has 4 rings (SSSR count). The molecule has 3 aromatic carbocycles. The fraction of sp³-hybridized carbons (Fsp3) is 0.375. The summed E-state index contributed by atoms with van der Waals surface area (Å²) in [6, 6.07) is 23.5. The molecule has 0 aliphatic rings. The number of imidazole rings is 1. The van der Waals surface area contributed by atoms with E-state index in [0.29, 0.717) is 13.0 Å². The lowest BCUT2D eigenvalue weighted by molar-refractivity contribution is -0.121. The second-order valence-electron chi connectivity index (χ2n) is 9.83. The number of benzene rings is 3. The number of hydrogen-bond donors (Lipinski definition) is 1. The number of amides is 1. The van der Waals surface area contributed by atoms with E-state index in [-0.39, 0.29) is 11.9 Å². The van der Waals surface area contributed by atoms with Crippen LogP contribution < -0.4 is 10.1 Å². The highest BCUT2D eigenvalue weighted by Crippen LogP contribution is 2.32. The van der Waals surface area contributed by atoms with Crippen LogP contribution in [-0.2, 0) is 17.6 Å². The van der Waals surface area contributed by atoms with Crippen molar-refractivity contribution in [3.63, 3.8) is 0 Å². The van der Waals surface area contributed by atoms with Gasteiger partial charge in [-0.3, -0.25) is 9.36 Å². The molecule has 0 aliphatic carbocycles. The van der Waals surface area contributed by atoms with E-state index in [0.717, 1.165) is 66.0 Å². The average molecular weight is 498 g/mol. The quantitative estimate of drug-likeness (QED) is 0.209. The molecule has 0 fully saturated rings. The molecule has 0 saturated heterocycles. The van der Waals surface area contributed by atoms with E-state index in [1.165, 1.54) is 11.1 Å². The van der Waals surface area contributed by atoms with Crippen molar-refractivity contribution in [3.05, 3.63) is 77.9 Å². The number of hydrogen-bond acceptors (Lipinski definition) is 3. The molecule has 0 radical (unpaired) electrons. The van der Waals surface area contributed by atoms with Gasteiger partial charge in [-0.15, -0.1) is 0 Å². The topological polar surface area (TPSA) is 56.2 Å². The van der Waals surface area contributed by atoms with Crippen molar-refractivity contribution in [1.29, 1.82) is 0 Å². The zero-order chi connectivity index (χ0) is 26.2. The highest BCUT2D eigenvalue weighted by molar-refractivity contribution is 5.84. The molecule has 0 unspecified atom stereocenters. The van der Waals surface area contributed by atoms with E-state index >= 15 is 0 Å². The van der Waals surface area contributed by atoms with Crippen molar-refractivity contribution < 1.29 is 9.53 Å². The van der Waals surface area contributed by atoms with Gasteiger partial charge in [0.1, 0.15) is 11.6 Å². The lowest BCUT2D eigenvalue weighted by atomic mass is 10.0. The maximum Gasteiger partial charge on any atom is 0.220 e. The van der Waals surface area contributed by atoms with E-state index in [4.69, 9.17) is 9.72 Å². The molecule has 1 amide bonds. The first-order valence-electron chi connectivity index (χ1n) is 13.6. The second-order valence-corrected chi connectivity index (χ2v) is 9.83. The average Bonchev–Trinajstić information content (AvgIpc) is 3.29. The maximum absolute atomic E-state index is 11.8. The van der Waals surface area contributed by atoms with Crippen LogP contribution in [-0.4, -0.2) is 28.1 Å². The lowest BCUT2D eigenvalue weighted by Crippen LogP contribution is -2.29. The number of nitrogens with zero attached hydrogens (tertiary/aromatic N) is 2. The number of fused-ring (bicyclic) bond motifs is 1. The fourth-order valence-electron chi connectivity index (χ4n) is 4.76. The molecular formula is C32H39N3O2. The molecule has 1 aromatic heterocycles. The first-order valence-corrected chi connectivity index (χ1v) is 13.6. The highest BCUT2D eigenvalue weighted by atomic mass is 16.5. The molecule has 4 aromatic rings. The molecule has 1 heterocycles. The largest absolute Gasteiger partial charge is 0.494 e. The number of unbranched alkanes of at least 4 members (excludes halogenated alkanes) is 2. The Labute approximate surface area is 220 Å². The van der Waals surface area contributed by atoms with Gasteiger partial charge >= 0.3 is 0 Å². The number of carbonyl (C=O) groups is 1. The molecule has 0 aliphatic heterocycles. The summed E-state index contributed by atoms with van der Waals surface area (Å²) in [5, 5.41) is 2.94. The van der Waals surface area contributed by atoms with Crippen molar-refractivity contribution in [2.45, 2.75) is 72.3 Å². The number of carbonyl (C=O) groups excluding carboxylic acids is 1. The third kappa shape index (κ3) is 6.59. The molecule has 0 spiro atoms. The Bertz CT molecular complexity index is 1320. The predicted molar refractivity (Wildman–Crippen MR) is 153 cm³/mol. The monoisotopic (exact) mass is 497 g/mol. The normalized spacial score (nSPS) is 11.3. The van der Waals surface area contributed by atoms with Crippen LogP contribution in [0.25, 0.3) is 28.1 Å². The first-order chi connectivity index (χ1) is 18.0. The van der Waals surface area contributed by atoms with Crippen molar-refractivity contribution in [2.75, 3.05) is 6.61 Å². The van der Waals surface area contributed by atoms with Gasteiger partial charge < -0.3 is 10.1 Å². The number of nitrogens with one attached hydrogen (secondary N) is 1. The SMILES string of the molecule is CCc1ccc(-n2c(-c3ccccc3)nc3ccc(OCCCCCC(=O)NC(C)C)cc32)cc1CC. The lowest BCUT2D eigenvalue weighted by Gasteiger charge is -2.14. The summed E-state index contributed by atoms with van der Waals surface area (Å²) < 4.78 is 8.38. The number of aryl methyl sites for hydroxylation is 2. The summed E-state index contributed by atoms with van der Waals surface area (Å²) in [6.07, 6.45) is 5.36. The van der Waals surface area contributed by atoms with E-state index in [9.17, 15) is 4.79 Å². The van der Waals surface area contributed by atoms with E-state index in [2.05, 4.69) is 72.3 Å². The van der Waals surface area contributed by atoms with Crippen LogP contribution in [0.15, 0.2) is 66.7 Å². The predicted octanol–water partition coefficient (Wildman–Crippen LogP) is 7.28. The van der Waals surface area contributed by atoms with E-state index in [1.54, 1.807) is 0 Å². The maximum atomic E-state index is 11.8. The Hall–Kier alpha value is -3.60. The Kier molecular flexibility index (Phi) is 8.99. The van der Waals surface area contributed by atoms with Gasteiger partial charge in [-0.1, -0.05) is 50.2 Å². The minimum Gasteiger partial charge on any atom is -0.494 e. The summed E-state index contributed by atoms with van der Waals surface area (Å²) in [5.41, 5.74) is 6.94. The molecule has 5 heteroatoms. The first kappa shape index (κ1) is 26.5. The van der Waals surface area contributed by atoms with Crippen LogP contribution >= 0.6 is 0 Å². The van der Waals surface area contributed by atoms with Crippen molar-refractivity contribution in [2.24, 2.45) is 0 Å². The number of ether oxygens (including phenoxy) is 1. The zero-order valence-corrected chi connectivity index (χ0v) is 22.6. The van der Waals surface area contributed by atoms with Gasteiger partial charge in [0.15, 0.2) is 0 Å². The fourth-order valence-corrected chi connectivity index (χ4v) is 4.76. The van der Waals surface area contributed by atoms with Crippen molar-refractivity contribution in [3.8, 4) is 22.8 Å². The van der Waals surface area contributed by atoms with Gasteiger partial charge in [0.25, 0.3) is 0 Å². The molecule has 0 bridgehead atoms. The minimum atomic E-state index is 0.127. The van der Waals surface area contributed by atoms with Gasteiger partial charge in [0.05, 0.1) is 17.6 Å².